The average Bonchev–Trinajstić information content (AvgIpc) is 1.95. The summed E-state index contributed by atoms with van der Waals surface area (Å²) in [5.74, 6) is 0.0888. The Kier molecular flexibility index (Phi) is 2.32. The molecule has 0 spiro atoms. The number of hydrogen-bond acceptors (Lipinski definition) is 3. The summed E-state index contributed by atoms with van der Waals surface area (Å²) in [7, 11) is 0. The van der Waals surface area contributed by atoms with E-state index in [-0.39, 0.29) is 18.4 Å². The number of Topliss-reactive ketones (excluding diaryl/α,β-unsaturated/α-hetero) is 1. The molecule has 0 radical (unpaired) electrons. The van der Waals surface area contributed by atoms with Crippen molar-refractivity contribution in [3.05, 3.63) is 0 Å². The van der Waals surface area contributed by atoms with Gasteiger partial charge in [0.2, 0.25) is 0 Å². The van der Waals surface area contributed by atoms with Crippen molar-refractivity contribution < 1.29 is 14.3 Å². The molecule has 0 bridgehead atoms. The largest absolute Gasteiger partial charge is 0.444 e. The van der Waals surface area contributed by atoms with Crippen LogP contribution in [0.5, 0.6) is 0 Å². The fourth-order valence-corrected chi connectivity index (χ4v) is 1.04. The van der Waals surface area contributed by atoms with Gasteiger partial charge in [0.15, 0.2) is 5.78 Å². The lowest BCUT2D eigenvalue weighted by atomic mass is 10.1. The van der Waals surface area contributed by atoms with E-state index in [0.29, 0.717) is 0 Å². The van der Waals surface area contributed by atoms with Gasteiger partial charge in [0.1, 0.15) is 5.60 Å². The molecule has 1 unspecified atom stereocenters. The van der Waals surface area contributed by atoms with Gasteiger partial charge in [0, 0.05) is 0 Å². The standard InChI is InChI=1S/C9H15NO3/c1-6-7(11)5-10(6)8(12)13-9(2,3)4/h6H,5H2,1-4H3. The van der Waals surface area contributed by atoms with Gasteiger partial charge in [-0.1, -0.05) is 0 Å². The molecule has 1 rings (SSSR count). The zero-order chi connectivity index (χ0) is 10.2. The van der Waals surface area contributed by atoms with Crippen LogP contribution in [0.4, 0.5) is 4.79 Å². The zero-order valence-electron chi connectivity index (χ0n) is 8.46. The van der Waals surface area contributed by atoms with Crippen LogP contribution in [0.3, 0.4) is 0 Å². The fourth-order valence-electron chi connectivity index (χ4n) is 1.04. The van der Waals surface area contributed by atoms with Crippen molar-refractivity contribution in [2.75, 3.05) is 6.54 Å². The molecule has 0 saturated carbocycles. The first-order valence-electron chi connectivity index (χ1n) is 4.33. The van der Waals surface area contributed by atoms with Crippen LogP contribution in [0.1, 0.15) is 27.7 Å². The van der Waals surface area contributed by atoms with E-state index in [2.05, 4.69) is 0 Å². The van der Waals surface area contributed by atoms with Crippen LogP contribution in [-0.4, -0.2) is 35.0 Å². The molecule has 4 heteroatoms. The Morgan fingerprint density at radius 3 is 2.38 bits per heavy atom. The summed E-state index contributed by atoms with van der Waals surface area (Å²) >= 11 is 0. The van der Waals surface area contributed by atoms with Gasteiger partial charge in [-0.15, -0.1) is 0 Å². The Morgan fingerprint density at radius 1 is 1.54 bits per heavy atom. The number of carbonyl (C=O) groups is 2. The highest BCUT2D eigenvalue weighted by atomic mass is 16.6. The van der Waals surface area contributed by atoms with Crippen molar-refractivity contribution in [1.29, 1.82) is 0 Å². The fraction of sp³-hybridized carbons (Fsp3) is 0.778. The van der Waals surface area contributed by atoms with E-state index >= 15 is 0 Å². The van der Waals surface area contributed by atoms with Gasteiger partial charge in [-0.25, -0.2) is 4.79 Å². The highest BCUT2D eigenvalue weighted by Gasteiger charge is 2.39. The topological polar surface area (TPSA) is 46.6 Å². The van der Waals surface area contributed by atoms with Gasteiger partial charge in [0.05, 0.1) is 12.6 Å². The summed E-state index contributed by atoms with van der Waals surface area (Å²) in [6, 6.07) is -0.310. The molecule has 1 amide bonds. The molecule has 1 atom stereocenters. The molecule has 0 aromatic carbocycles. The first kappa shape index (κ1) is 10.0. The predicted octanol–water partition coefficient (Wildman–Crippen LogP) is 1.19. The number of rotatable bonds is 0. The minimum Gasteiger partial charge on any atom is -0.444 e. The molecule has 1 saturated heterocycles. The minimum absolute atomic E-state index is 0.0888. The average molecular weight is 185 g/mol. The quantitative estimate of drug-likeness (QED) is 0.569. The number of hydrogen-bond donors (Lipinski definition) is 0. The van der Waals surface area contributed by atoms with Crippen molar-refractivity contribution >= 4 is 11.9 Å². The number of carbonyl (C=O) groups excluding carboxylic acids is 2. The maximum atomic E-state index is 11.3. The summed E-state index contributed by atoms with van der Waals surface area (Å²) in [5, 5.41) is 0. The smallest absolute Gasteiger partial charge is 0.411 e. The SMILES string of the molecule is CC1C(=O)CN1C(=O)OC(C)(C)C. The zero-order valence-corrected chi connectivity index (χ0v) is 8.46. The van der Waals surface area contributed by atoms with Crippen molar-refractivity contribution in [3.63, 3.8) is 0 Å². The maximum absolute atomic E-state index is 11.3. The van der Waals surface area contributed by atoms with Crippen molar-refractivity contribution in [1.82, 2.24) is 4.90 Å². The second-order valence-corrected chi connectivity index (χ2v) is 4.25. The van der Waals surface area contributed by atoms with Crippen LogP contribution < -0.4 is 0 Å². The monoisotopic (exact) mass is 185 g/mol. The third kappa shape index (κ3) is 2.20. The number of ketones is 1. The second-order valence-electron chi connectivity index (χ2n) is 4.25. The molecule has 1 heterocycles. The second kappa shape index (κ2) is 3.01. The van der Waals surface area contributed by atoms with Gasteiger partial charge in [0.25, 0.3) is 0 Å². The van der Waals surface area contributed by atoms with E-state index < -0.39 is 11.7 Å². The van der Waals surface area contributed by atoms with Gasteiger partial charge < -0.3 is 4.74 Å². The van der Waals surface area contributed by atoms with Crippen LogP contribution >= 0.6 is 0 Å². The number of likely N-dealkylation sites (tertiary alicyclic amines) is 1. The van der Waals surface area contributed by atoms with Gasteiger partial charge >= 0.3 is 6.09 Å². The van der Waals surface area contributed by atoms with E-state index in [9.17, 15) is 9.59 Å². The molecule has 1 aliphatic heterocycles. The van der Waals surface area contributed by atoms with E-state index in [4.69, 9.17) is 4.74 Å². The Hall–Kier alpha value is -1.06. The Morgan fingerprint density at radius 2 is 2.08 bits per heavy atom. The molecule has 4 nitrogen and oxygen atoms in total. The lowest BCUT2D eigenvalue weighted by Crippen LogP contribution is -2.58. The summed E-state index contributed by atoms with van der Waals surface area (Å²) in [5.41, 5.74) is -0.491. The predicted molar refractivity (Wildman–Crippen MR) is 47.4 cm³/mol. The molecular formula is C9H15NO3. The molecule has 0 aliphatic carbocycles. The lowest BCUT2D eigenvalue weighted by molar-refractivity contribution is -0.134. The van der Waals surface area contributed by atoms with Gasteiger partial charge in [-0.3, -0.25) is 9.69 Å². The molecular weight excluding hydrogens is 170 g/mol. The van der Waals surface area contributed by atoms with E-state index in [0.717, 1.165) is 0 Å². The minimum atomic E-state index is -0.491. The normalized spacial score (nSPS) is 22.6. The Bertz CT molecular complexity index is 242. The summed E-state index contributed by atoms with van der Waals surface area (Å²) < 4.78 is 5.10. The van der Waals surface area contributed by atoms with Crippen molar-refractivity contribution in [2.45, 2.75) is 39.3 Å². The van der Waals surface area contributed by atoms with Crippen molar-refractivity contribution in [2.24, 2.45) is 0 Å². The van der Waals surface area contributed by atoms with Crippen LogP contribution in [-0.2, 0) is 9.53 Å². The third-order valence-electron chi connectivity index (χ3n) is 1.89. The first-order chi connectivity index (χ1) is 5.81. The van der Waals surface area contributed by atoms with Crippen LogP contribution in [0.15, 0.2) is 0 Å². The van der Waals surface area contributed by atoms with E-state index in [1.165, 1.54) is 4.90 Å². The lowest BCUT2D eigenvalue weighted by Gasteiger charge is -2.37. The first-order valence-corrected chi connectivity index (χ1v) is 4.33. The van der Waals surface area contributed by atoms with E-state index in [1.54, 1.807) is 27.7 Å². The number of amides is 1. The molecule has 1 aliphatic rings. The Balaban J connectivity index is 2.47. The molecule has 0 N–H and O–H groups in total. The highest BCUT2D eigenvalue weighted by molar-refractivity contribution is 5.97. The maximum Gasteiger partial charge on any atom is 0.411 e. The van der Waals surface area contributed by atoms with Crippen LogP contribution in [0.2, 0.25) is 0 Å². The number of nitrogens with zero attached hydrogens (tertiary/aromatic N) is 1. The van der Waals surface area contributed by atoms with Crippen LogP contribution in [0.25, 0.3) is 0 Å². The van der Waals surface area contributed by atoms with Crippen LogP contribution in [0, 0.1) is 0 Å². The van der Waals surface area contributed by atoms with Gasteiger partial charge in [-0.2, -0.15) is 0 Å². The number of ether oxygens (including phenoxy) is 1. The molecule has 0 aromatic rings. The molecule has 0 aromatic heterocycles. The Labute approximate surface area is 77.8 Å². The summed E-state index contributed by atoms with van der Waals surface area (Å²) in [6.07, 6.45) is -0.403. The summed E-state index contributed by atoms with van der Waals surface area (Å²) in [6.45, 7) is 7.30. The van der Waals surface area contributed by atoms with E-state index in [1.807, 2.05) is 0 Å². The van der Waals surface area contributed by atoms with Crippen molar-refractivity contribution in [3.8, 4) is 0 Å². The highest BCUT2D eigenvalue weighted by Crippen LogP contribution is 2.17. The molecule has 13 heavy (non-hydrogen) atoms. The molecule has 1 fully saturated rings. The summed E-state index contributed by atoms with van der Waals surface area (Å²) in [4.78, 5) is 23.6. The third-order valence-corrected chi connectivity index (χ3v) is 1.89. The van der Waals surface area contributed by atoms with Gasteiger partial charge in [-0.05, 0) is 27.7 Å². The molecule has 74 valence electrons.